The van der Waals surface area contributed by atoms with Gasteiger partial charge in [0, 0.05) is 36.1 Å². The molecule has 2 aliphatic rings. The minimum Gasteiger partial charge on any atom is -0.255 e. The second kappa shape index (κ2) is 7.14. The zero-order valence-electron chi connectivity index (χ0n) is 14.4. The first-order chi connectivity index (χ1) is 12.6. The molecule has 1 atom stereocenters. The van der Waals surface area contributed by atoms with Crippen LogP contribution in [0.1, 0.15) is 19.3 Å². The molecule has 0 N–H and O–H groups in total. The van der Waals surface area contributed by atoms with E-state index >= 15 is 0 Å². The lowest BCUT2D eigenvalue weighted by molar-refractivity contribution is 0.249. The summed E-state index contributed by atoms with van der Waals surface area (Å²) in [6.45, 7) is 1.07. The summed E-state index contributed by atoms with van der Waals surface area (Å²) < 4.78 is 28.0. The summed E-state index contributed by atoms with van der Waals surface area (Å²) in [5, 5.41) is 1.73. The second-order valence-corrected chi connectivity index (χ2v) is 9.29. The second-order valence-electron chi connectivity index (χ2n) is 6.90. The summed E-state index contributed by atoms with van der Waals surface area (Å²) in [5.74, 6) is 0.762. The number of fused-ring (bicyclic) bond motifs is 1. The number of allylic oxidation sites excluding steroid dienone is 4. The first kappa shape index (κ1) is 17.7. The standard InChI is InChI=1S/C20H21ClN2O2S/c21-18-7-1-5-17(14-18)15-9-12-23(13-10-15)26(24,25)19-8-2-4-16-6-3-11-22-20(16)19/h1-6,8,11,14-15,17H,7,9-10,12-13H2. The third-order valence-corrected chi connectivity index (χ3v) is 7.51. The number of rotatable bonds is 3. The van der Waals surface area contributed by atoms with Crippen molar-refractivity contribution >= 4 is 32.5 Å². The zero-order valence-corrected chi connectivity index (χ0v) is 16.0. The van der Waals surface area contributed by atoms with E-state index in [1.165, 1.54) is 0 Å². The molecule has 1 aliphatic carbocycles. The van der Waals surface area contributed by atoms with Crippen molar-refractivity contribution in [1.29, 1.82) is 0 Å². The smallest absolute Gasteiger partial charge is 0.245 e. The van der Waals surface area contributed by atoms with Crippen LogP contribution in [0.2, 0.25) is 0 Å². The fraction of sp³-hybridized carbons (Fsp3) is 0.350. The van der Waals surface area contributed by atoms with Gasteiger partial charge < -0.3 is 0 Å². The van der Waals surface area contributed by atoms with Crippen LogP contribution in [0.4, 0.5) is 0 Å². The molecule has 0 spiro atoms. The van der Waals surface area contributed by atoms with Gasteiger partial charge in [0.2, 0.25) is 10.0 Å². The molecule has 0 saturated carbocycles. The Morgan fingerprint density at radius 1 is 1.12 bits per heavy atom. The zero-order chi connectivity index (χ0) is 18.1. The van der Waals surface area contributed by atoms with Crippen LogP contribution >= 0.6 is 11.6 Å². The SMILES string of the molecule is O=S(=O)(c1cccc2cccnc12)N1CCC(C2C=CCC(Cl)=C2)CC1. The van der Waals surface area contributed by atoms with Crippen molar-refractivity contribution in [2.45, 2.75) is 24.2 Å². The molecule has 6 heteroatoms. The van der Waals surface area contributed by atoms with Crippen molar-refractivity contribution in [2.24, 2.45) is 11.8 Å². The van der Waals surface area contributed by atoms with E-state index in [1.54, 1.807) is 22.6 Å². The van der Waals surface area contributed by atoms with Gasteiger partial charge >= 0.3 is 0 Å². The lowest BCUT2D eigenvalue weighted by Crippen LogP contribution is -2.39. The van der Waals surface area contributed by atoms with Gasteiger partial charge in [0.25, 0.3) is 0 Å². The number of benzene rings is 1. The highest BCUT2D eigenvalue weighted by Gasteiger charge is 2.32. The molecule has 4 nitrogen and oxygen atoms in total. The van der Waals surface area contributed by atoms with Crippen LogP contribution in [0.25, 0.3) is 10.9 Å². The average molecular weight is 389 g/mol. The van der Waals surface area contributed by atoms with Crippen LogP contribution in [0, 0.1) is 11.8 Å². The van der Waals surface area contributed by atoms with Crippen molar-refractivity contribution in [1.82, 2.24) is 9.29 Å². The van der Waals surface area contributed by atoms with Gasteiger partial charge in [-0.2, -0.15) is 4.31 Å². The number of sulfonamides is 1. The Bertz CT molecular complexity index is 971. The Morgan fingerprint density at radius 3 is 2.65 bits per heavy atom. The summed E-state index contributed by atoms with van der Waals surface area (Å²) in [6, 6.07) is 9.03. The van der Waals surface area contributed by atoms with Gasteiger partial charge in [-0.3, -0.25) is 4.98 Å². The number of para-hydroxylation sites is 1. The van der Waals surface area contributed by atoms with Crippen LogP contribution in [0.3, 0.4) is 0 Å². The van der Waals surface area contributed by atoms with Crippen LogP contribution in [0.15, 0.2) is 64.7 Å². The minimum absolute atomic E-state index is 0.301. The van der Waals surface area contributed by atoms with Gasteiger partial charge in [0.1, 0.15) is 4.90 Å². The van der Waals surface area contributed by atoms with E-state index in [4.69, 9.17) is 11.6 Å². The largest absolute Gasteiger partial charge is 0.255 e. The molecule has 1 aliphatic heterocycles. The maximum atomic E-state index is 13.2. The molecule has 1 fully saturated rings. The molecular formula is C20H21ClN2O2S. The molecule has 2 aromatic rings. The first-order valence-electron chi connectivity index (χ1n) is 8.92. The van der Waals surface area contributed by atoms with Gasteiger partial charge in [-0.25, -0.2) is 8.42 Å². The summed E-state index contributed by atoms with van der Waals surface area (Å²) >= 11 is 6.16. The fourth-order valence-corrected chi connectivity index (χ4v) is 5.76. The minimum atomic E-state index is -3.54. The van der Waals surface area contributed by atoms with Gasteiger partial charge in [0.05, 0.1) is 5.52 Å². The number of halogens is 1. The Kier molecular flexibility index (Phi) is 4.86. The van der Waals surface area contributed by atoms with E-state index in [0.717, 1.165) is 29.7 Å². The predicted octanol–water partition coefficient (Wildman–Crippen LogP) is 4.33. The maximum Gasteiger partial charge on any atom is 0.245 e. The number of nitrogens with zero attached hydrogens (tertiary/aromatic N) is 2. The average Bonchev–Trinajstić information content (AvgIpc) is 2.67. The first-order valence-corrected chi connectivity index (χ1v) is 10.7. The number of hydrogen-bond acceptors (Lipinski definition) is 3. The monoisotopic (exact) mass is 388 g/mol. The lowest BCUT2D eigenvalue weighted by Gasteiger charge is -2.34. The summed E-state index contributed by atoms with van der Waals surface area (Å²) in [5.41, 5.74) is 0.544. The van der Waals surface area contributed by atoms with Gasteiger partial charge in [-0.15, -0.1) is 0 Å². The third kappa shape index (κ3) is 3.31. The van der Waals surface area contributed by atoms with Crippen molar-refractivity contribution in [3.8, 4) is 0 Å². The van der Waals surface area contributed by atoms with Crippen molar-refractivity contribution in [3.05, 3.63) is 59.8 Å². The van der Waals surface area contributed by atoms with E-state index in [2.05, 4.69) is 23.2 Å². The summed E-state index contributed by atoms with van der Waals surface area (Å²) in [7, 11) is -3.54. The van der Waals surface area contributed by atoms with Crippen LogP contribution in [-0.4, -0.2) is 30.8 Å². The van der Waals surface area contributed by atoms with E-state index < -0.39 is 10.0 Å². The molecule has 0 radical (unpaired) electrons. The number of hydrogen-bond donors (Lipinski definition) is 0. The summed E-state index contributed by atoms with van der Waals surface area (Å²) in [4.78, 5) is 4.60. The van der Waals surface area contributed by atoms with Crippen LogP contribution in [-0.2, 0) is 10.0 Å². The van der Waals surface area contributed by atoms with Crippen molar-refractivity contribution in [2.75, 3.05) is 13.1 Å². The number of piperidine rings is 1. The Labute approximate surface area is 159 Å². The quantitative estimate of drug-likeness (QED) is 0.735. The third-order valence-electron chi connectivity index (χ3n) is 5.30. The van der Waals surface area contributed by atoms with Gasteiger partial charge in [-0.05, 0) is 36.8 Å². The molecule has 0 amide bonds. The molecule has 26 heavy (non-hydrogen) atoms. The van der Waals surface area contributed by atoms with E-state index in [-0.39, 0.29) is 0 Å². The Hall–Kier alpha value is -1.69. The van der Waals surface area contributed by atoms with Crippen molar-refractivity contribution < 1.29 is 8.42 Å². The summed E-state index contributed by atoms with van der Waals surface area (Å²) in [6.07, 6.45) is 10.6. The predicted molar refractivity (Wildman–Crippen MR) is 104 cm³/mol. The van der Waals surface area contributed by atoms with E-state index in [1.807, 2.05) is 18.2 Å². The molecule has 4 rings (SSSR count). The molecule has 1 saturated heterocycles. The van der Waals surface area contributed by atoms with E-state index in [0.29, 0.717) is 35.3 Å². The molecule has 136 valence electrons. The molecule has 2 heterocycles. The molecule has 1 aromatic heterocycles. The molecule has 1 unspecified atom stereocenters. The van der Waals surface area contributed by atoms with E-state index in [9.17, 15) is 8.42 Å². The van der Waals surface area contributed by atoms with Gasteiger partial charge in [-0.1, -0.05) is 48.0 Å². The maximum absolute atomic E-state index is 13.2. The highest BCUT2D eigenvalue weighted by Crippen LogP contribution is 2.34. The highest BCUT2D eigenvalue weighted by atomic mass is 35.5. The van der Waals surface area contributed by atoms with Gasteiger partial charge in [0.15, 0.2) is 0 Å². The number of aromatic nitrogens is 1. The van der Waals surface area contributed by atoms with Crippen LogP contribution < -0.4 is 0 Å². The molecular weight excluding hydrogens is 368 g/mol. The fourth-order valence-electron chi connectivity index (χ4n) is 3.89. The lowest BCUT2D eigenvalue weighted by atomic mass is 9.83. The highest BCUT2D eigenvalue weighted by molar-refractivity contribution is 7.89. The van der Waals surface area contributed by atoms with Crippen molar-refractivity contribution in [3.63, 3.8) is 0 Å². The normalized spacial score (nSPS) is 22.5. The Morgan fingerprint density at radius 2 is 1.88 bits per heavy atom. The van der Waals surface area contributed by atoms with Crippen LogP contribution in [0.5, 0.6) is 0 Å². The topological polar surface area (TPSA) is 50.3 Å². The Balaban J connectivity index is 1.55. The number of pyridine rings is 1. The molecule has 1 aromatic carbocycles. The molecule has 0 bridgehead atoms.